The molecule has 4 rings (SSSR count). The first kappa shape index (κ1) is 20.0. The van der Waals surface area contributed by atoms with Crippen molar-refractivity contribution in [3.05, 3.63) is 106 Å². The van der Waals surface area contributed by atoms with E-state index in [1.165, 1.54) is 6.21 Å². The zero-order chi connectivity index (χ0) is 20.9. The van der Waals surface area contributed by atoms with Crippen LogP contribution in [0.25, 0.3) is 22.4 Å². The van der Waals surface area contributed by atoms with E-state index in [2.05, 4.69) is 15.5 Å². The number of carbonyl (C=O) groups is 1. The average molecular weight is 434 g/mol. The standard InChI is InChI=1S/C24H17Cl2N3O/c25-20-12-7-13-21(26)19(20)15-27-29-24(30)23-18(16-8-3-1-4-9-16)14-22(28-23)17-10-5-2-6-11-17/h1-15,28H,(H,29,30). The van der Waals surface area contributed by atoms with Crippen LogP contribution < -0.4 is 5.43 Å². The third-order valence-electron chi connectivity index (χ3n) is 4.57. The van der Waals surface area contributed by atoms with Crippen molar-refractivity contribution in [2.75, 3.05) is 0 Å². The van der Waals surface area contributed by atoms with Gasteiger partial charge in [-0.15, -0.1) is 0 Å². The van der Waals surface area contributed by atoms with Crippen LogP contribution in [0.2, 0.25) is 10.0 Å². The molecule has 148 valence electrons. The maximum absolute atomic E-state index is 12.9. The molecule has 0 aliphatic carbocycles. The molecule has 1 amide bonds. The number of H-pyrrole nitrogens is 1. The van der Waals surface area contributed by atoms with E-state index in [9.17, 15) is 4.79 Å². The van der Waals surface area contributed by atoms with Gasteiger partial charge in [0.25, 0.3) is 5.91 Å². The normalized spacial score (nSPS) is 11.0. The van der Waals surface area contributed by atoms with E-state index in [-0.39, 0.29) is 5.91 Å². The number of nitrogens with one attached hydrogen (secondary N) is 2. The van der Waals surface area contributed by atoms with Crippen LogP contribution in [-0.2, 0) is 0 Å². The lowest BCUT2D eigenvalue weighted by molar-refractivity contribution is 0.0951. The summed E-state index contributed by atoms with van der Waals surface area (Å²) in [6.07, 6.45) is 1.44. The first-order valence-electron chi connectivity index (χ1n) is 9.25. The molecule has 6 heteroatoms. The van der Waals surface area contributed by atoms with Crippen LogP contribution >= 0.6 is 23.2 Å². The third-order valence-corrected chi connectivity index (χ3v) is 5.23. The van der Waals surface area contributed by atoms with Crippen molar-refractivity contribution < 1.29 is 4.79 Å². The number of carbonyl (C=O) groups excluding carboxylic acids is 1. The Morgan fingerprint density at radius 3 is 2.07 bits per heavy atom. The number of hydrogen-bond acceptors (Lipinski definition) is 2. The number of benzene rings is 3. The van der Waals surface area contributed by atoms with Gasteiger partial charge in [0.05, 0.1) is 16.3 Å². The number of aromatic nitrogens is 1. The summed E-state index contributed by atoms with van der Waals surface area (Å²) in [6, 6.07) is 26.7. The molecule has 3 aromatic carbocycles. The average Bonchev–Trinajstić information content (AvgIpc) is 3.23. The van der Waals surface area contributed by atoms with Crippen LogP contribution in [-0.4, -0.2) is 17.1 Å². The second-order valence-electron chi connectivity index (χ2n) is 6.54. The number of amides is 1. The summed E-state index contributed by atoms with van der Waals surface area (Å²) >= 11 is 12.3. The minimum Gasteiger partial charge on any atom is -0.350 e. The molecule has 0 saturated carbocycles. The zero-order valence-corrected chi connectivity index (χ0v) is 17.3. The molecule has 0 aliphatic heterocycles. The van der Waals surface area contributed by atoms with Gasteiger partial charge >= 0.3 is 0 Å². The van der Waals surface area contributed by atoms with Gasteiger partial charge in [0.1, 0.15) is 5.69 Å². The third kappa shape index (κ3) is 4.30. The molecule has 0 saturated heterocycles. The summed E-state index contributed by atoms with van der Waals surface area (Å²) in [4.78, 5) is 16.2. The van der Waals surface area contributed by atoms with Gasteiger partial charge in [-0.2, -0.15) is 5.10 Å². The Morgan fingerprint density at radius 2 is 1.43 bits per heavy atom. The predicted molar refractivity (Wildman–Crippen MR) is 123 cm³/mol. The van der Waals surface area contributed by atoms with Gasteiger partial charge < -0.3 is 4.98 Å². The molecule has 30 heavy (non-hydrogen) atoms. The molecular formula is C24H17Cl2N3O. The molecule has 0 unspecified atom stereocenters. The van der Waals surface area contributed by atoms with Crippen molar-refractivity contribution >= 4 is 35.3 Å². The van der Waals surface area contributed by atoms with Gasteiger partial charge in [-0.1, -0.05) is 89.9 Å². The maximum Gasteiger partial charge on any atom is 0.288 e. The summed E-state index contributed by atoms with van der Waals surface area (Å²) in [5.74, 6) is -0.365. The smallest absolute Gasteiger partial charge is 0.288 e. The van der Waals surface area contributed by atoms with Gasteiger partial charge in [-0.3, -0.25) is 4.79 Å². The van der Waals surface area contributed by atoms with Crippen molar-refractivity contribution in [2.24, 2.45) is 5.10 Å². The van der Waals surface area contributed by atoms with E-state index in [4.69, 9.17) is 23.2 Å². The van der Waals surface area contributed by atoms with Crippen molar-refractivity contribution in [1.29, 1.82) is 0 Å². The van der Waals surface area contributed by atoms with Crippen LogP contribution in [0.4, 0.5) is 0 Å². The van der Waals surface area contributed by atoms with Gasteiger partial charge in [-0.05, 0) is 29.3 Å². The van der Waals surface area contributed by atoms with E-state index in [0.717, 1.165) is 22.4 Å². The fourth-order valence-corrected chi connectivity index (χ4v) is 3.59. The van der Waals surface area contributed by atoms with E-state index < -0.39 is 0 Å². The Kier molecular flexibility index (Phi) is 5.98. The number of hydrazone groups is 1. The SMILES string of the molecule is O=C(NN=Cc1c(Cl)cccc1Cl)c1[nH]c(-c2ccccc2)cc1-c1ccccc1. The van der Waals surface area contributed by atoms with E-state index in [0.29, 0.717) is 21.3 Å². The van der Waals surface area contributed by atoms with Crippen LogP contribution in [0.5, 0.6) is 0 Å². The topological polar surface area (TPSA) is 57.2 Å². The lowest BCUT2D eigenvalue weighted by Crippen LogP contribution is -2.19. The number of hydrogen-bond donors (Lipinski definition) is 2. The molecular weight excluding hydrogens is 417 g/mol. The summed E-state index contributed by atoms with van der Waals surface area (Å²) < 4.78 is 0. The molecule has 2 N–H and O–H groups in total. The number of nitrogens with zero attached hydrogens (tertiary/aromatic N) is 1. The minimum absolute atomic E-state index is 0.365. The highest BCUT2D eigenvalue weighted by atomic mass is 35.5. The Morgan fingerprint density at radius 1 is 0.833 bits per heavy atom. The first-order chi connectivity index (χ1) is 14.6. The lowest BCUT2D eigenvalue weighted by Gasteiger charge is -2.04. The van der Waals surface area contributed by atoms with Crippen LogP contribution in [0.1, 0.15) is 16.1 Å². The fraction of sp³-hybridized carbons (Fsp3) is 0. The number of halogens is 2. The number of rotatable bonds is 5. The summed E-state index contributed by atoms with van der Waals surface area (Å²) in [6.45, 7) is 0. The molecule has 0 radical (unpaired) electrons. The summed E-state index contributed by atoms with van der Waals surface area (Å²) in [5, 5.41) is 4.95. The molecule has 0 spiro atoms. The molecule has 1 heterocycles. The van der Waals surface area contributed by atoms with Crippen molar-refractivity contribution in [3.8, 4) is 22.4 Å². The van der Waals surface area contributed by atoms with Gasteiger partial charge in [0.15, 0.2) is 0 Å². The summed E-state index contributed by atoms with van der Waals surface area (Å²) in [5.41, 5.74) is 7.07. The van der Waals surface area contributed by atoms with E-state index in [1.807, 2.05) is 66.7 Å². The molecule has 0 aliphatic rings. The Bertz CT molecular complexity index is 1180. The zero-order valence-electron chi connectivity index (χ0n) is 15.8. The Balaban J connectivity index is 1.66. The van der Waals surface area contributed by atoms with Gasteiger partial charge in [0.2, 0.25) is 0 Å². The van der Waals surface area contributed by atoms with Crippen LogP contribution in [0.15, 0.2) is 90.0 Å². The molecule has 4 aromatic rings. The van der Waals surface area contributed by atoms with Crippen molar-refractivity contribution in [1.82, 2.24) is 10.4 Å². The highest BCUT2D eigenvalue weighted by molar-refractivity contribution is 6.38. The minimum atomic E-state index is -0.365. The monoisotopic (exact) mass is 433 g/mol. The molecule has 0 atom stereocenters. The van der Waals surface area contributed by atoms with Crippen molar-refractivity contribution in [3.63, 3.8) is 0 Å². The van der Waals surface area contributed by atoms with E-state index in [1.54, 1.807) is 18.2 Å². The Hall–Kier alpha value is -3.34. The highest BCUT2D eigenvalue weighted by Gasteiger charge is 2.17. The van der Waals surface area contributed by atoms with Crippen molar-refractivity contribution in [2.45, 2.75) is 0 Å². The van der Waals surface area contributed by atoms with E-state index >= 15 is 0 Å². The quantitative estimate of drug-likeness (QED) is 0.276. The lowest BCUT2D eigenvalue weighted by atomic mass is 10.0. The molecule has 4 nitrogen and oxygen atoms in total. The molecule has 1 aromatic heterocycles. The van der Waals surface area contributed by atoms with Gasteiger partial charge in [-0.25, -0.2) is 5.43 Å². The predicted octanol–water partition coefficient (Wildman–Crippen LogP) is 6.42. The Labute approximate surface area is 184 Å². The van der Waals surface area contributed by atoms with Crippen LogP contribution in [0.3, 0.4) is 0 Å². The second kappa shape index (κ2) is 8.99. The highest BCUT2D eigenvalue weighted by Crippen LogP contribution is 2.30. The first-order valence-corrected chi connectivity index (χ1v) is 10.0. The summed E-state index contributed by atoms with van der Waals surface area (Å²) in [7, 11) is 0. The number of aromatic amines is 1. The fourth-order valence-electron chi connectivity index (χ4n) is 3.10. The second-order valence-corrected chi connectivity index (χ2v) is 7.35. The largest absolute Gasteiger partial charge is 0.350 e. The van der Waals surface area contributed by atoms with Crippen LogP contribution in [0, 0.1) is 0 Å². The molecule has 0 bridgehead atoms. The maximum atomic E-state index is 12.9. The molecule has 0 fully saturated rings. The van der Waals surface area contributed by atoms with Gasteiger partial charge in [0, 0.05) is 16.8 Å².